The molecule has 1 fully saturated rings. The molecule has 1 aliphatic heterocycles. The van der Waals surface area contributed by atoms with E-state index < -0.39 is 0 Å². The van der Waals surface area contributed by atoms with E-state index in [2.05, 4.69) is 42.6 Å². The van der Waals surface area contributed by atoms with E-state index in [0.717, 1.165) is 58.3 Å². The Morgan fingerprint density at radius 2 is 2.33 bits per heavy atom. The Labute approximate surface area is 153 Å². The molecule has 4 rings (SSSR count). The Morgan fingerprint density at radius 3 is 3.04 bits per heavy atom. The van der Waals surface area contributed by atoms with E-state index in [0.29, 0.717) is 0 Å². The summed E-state index contributed by atoms with van der Waals surface area (Å²) in [5.41, 5.74) is 1.10. The van der Waals surface area contributed by atoms with Crippen LogP contribution in [0.5, 0.6) is 0 Å². The van der Waals surface area contributed by atoms with Crippen LogP contribution in [-0.4, -0.2) is 32.5 Å². The number of aromatic nitrogens is 4. The summed E-state index contributed by atoms with van der Waals surface area (Å²) in [6, 6.07) is 4.15. The lowest BCUT2D eigenvalue weighted by Crippen LogP contribution is -2.16. The maximum Gasteiger partial charge on any atom is 0.191 e. The van der Waals surface area contributed by atoms with Crippen LogP contribution >= 0.6 is 34.4 Å². The molecular formula is C16H18N4OS3. The van der Waals surface area contributed by atoms with Crippen molar-refractivity contribution in [3.63, 3.8) is 0 Å². The molecule has 0 N–H and O–H groups in total. The van der Waals surface area contributed by atoms with Crippen molar-refractivity contribution in [2.24, 2.45) is 0 Å². The number of ether oxygens (including phenoxy) is 1. The number of hydrogen-bond acceptors (Lipinski definition) is 7. The van der Waals surface area contributed by atoms with Gasteiger partial charge in [0.1, 0.15) is 0 Å². The molecule has 24 heavy (non-hydrogen) atoms. The zero-order valence-corrected chi connectivity index (χ0v) is 15.8. The van der Waals surface area contributed by atoms with Gasteiger partial charge in [0.15, 0.2) is 11.0 Å². The van der Waals surface area contributed by atoms with Gasteiger partial charge >= 0.3 is 0 Å². The average Bonchev–Trinajstić information content (AvgIpc) is 3.34. The molecule has 0 spiro atoms. The Hall–Kier alpha value is -1.22. The lowest BCUT2D eigenvalue weighted by molar-refractivity contribution is 0.0953. The summed E-state index contributed by atoms with van der Waals surface area (Å²) >= 11 is 5.08. The minimum Gasteiger partial charge on any atom is -0.376 e. The van der Waals surface area contributed by atoms with E-state index in [4.69, 9.17) is 4.74 Å². The zero-order valence-electron chi connectivity index (χ0n) is 13.3. The maximum atomic E-state index is 5.83. The van der Waals surface area contributed by atoms with Gasteiger partial charge in [0, 0.05) is 17.7 Å². The fourth-order valence-electron chi connectivity index (χ4n) is 2.75. The minimum absolute atomic E-state index is 0.264. The number of thioether (sulfide) groups is 1. The van der Waals surface area contributed by atoms with Crippen LogP contribution in [0.4, 0.5) is 0 Å². The molecule has 0 aliphatic carbocycles. The fraction of sp³-hybridized carbons (Fsp3) is 0.438. The SMILES string of the molecule is Cc1nc(CSc2nnc(-c3cccs3)n2C[C@@H]2CCCO2)cs1. The van der Waals surface area contributed by atoms with Crippen molar-refractivity contribution in [3.05, 3.63) is 33.6 Å². The molecule has 0 bridgehead atoms. The highest BCUT2D eigenvalue weighted by atomic mass is 32.2. The summed E-state index contributed by atoms with van der Waals surface area (Å²) in [6.07, 6.45) is 2.51. The highest BCUT2D eigenvalue weighted by Gasteiger charge is 2.22. The predicted octanol–water partition coefficient (Wildman–Crippen LogP) is 4.24. The molecule has 0 radical (unpaired) electrons. The molecule has 126 valence electrons. The summed E-state index contributed by atoms with van der Waals surface area (Å²) in [7, 11) is 0. The molecular weight excluding hydrogens is 360 g/mol. The van der Waals surface area contributed by atoms with Gasteiger partial charge in [-0.05, 0) is 31.2 Å². The van der Waals surface area contributed by atoms with Crippen LogP contribution < -0.4 is 0 Å². The van der Waals surface area contributed by atoms with Crippen LogP contribution in [0.2, 0.25) is 0 Å². The summed E-state index contributed by atoms with van der Waals surface area (Å²) in [4.78, 5) is 5.68. The molecule has 0 unspecified atom stereocenters. The second-order valence-corrected chi connectivity index (χ2v) is 8.63. The monoisotopic (exact) mass is 378 g/mol. The van der Waals surface area contributed by atoms with E-state index in [1.807, 2.05) is 6.92 Å². The minimum atomic E-state index is 0.264. The molecule has 1 aliphatic rings. The van der Waals surface area contributed by atoms with Gasteiger partial charge in [-0.25, -0.2) is 4.98 Å². The molecule has 1 atom stereocenters. The molecule has 4 heterocycles. The Kier molecular flexibility index (Phi) is 4.98. The van der Waals surface area contributed by atoms with Gasteiger partial charge in [-0.1, -0.05) is 17.8 Å². The fourth-order valence-corrected chi connectivity index (χ4v) is 5.03. The van der Waals surface area contributed by atoms with Crippen molar-refractivity contribution in [2.75, 3.05) is 6.61 Å². The Balaban J connectivity index is 1.57. The van der Waals surface area contributed by atoms with Crippen LogP contribution in [0.15, 0.2) is 28.0 Å². The Bertz CT molecular complexity index is 790. The smallest absolute Gasteiger partial charge is 0.191 e. The van der Waals surface area contributed by atoms with E-state index in [1.54, 1.807) is 34.4 Å². The van der Waals surface area contributed by atoms with Crippen molar-refractivity contribution in [2.45, 2.75) is 43.3 Å². The second kappa shape index (κ2) is 7.35. The standard InChI is InChI=1S/C16H18N4OS3/c1-11-17-12(9-23-11)10-24-16-19-18-15(14-5-3-7-22-14)20(16)8-13-4-2-6-21-13/h3,5,7,9,13H,2,4,6,8,10H2,1H3/t13-/m0/s1. The van der Waals surface area contributed by atoms with Crippen LogP contribution in [-0.2, 0) is 17.0 Å². The normalized spacial score (nSPS) is 17.6. The first-order valence-corrected chi connectivity index (χ1v) is 10.7. The number of aryl methyl sites for hydroxylation is 1. The number of nitrogens with zero attached hydrogens (tertiary/aromatic N) is 4. The van der Waals surface area contributed by atoms with Crippen molar-refractivity contribution in [1.82, 2.24) is 19.7 Å². The first-order valence-electron chi connectivity index (χ1n) is 7.92. The molecule has 5 nitrogen and oxygen atoms in total. The summed E-state index contributed by atoms with van der Waals surface area (Å²) < 4.78 is 8.04. The van der Waals surface area contributed by atoms with Crippen LogP contribution in [0.3, 0.4) is 0 Å². The summed E-state index contributed by atoms with van der Waals surface area (Å²) in [5, 5.41) is 15.1. The third kappa shape index (κ3) is 3.56. The molecule has 1 saturated heterocycles. The first kappa shape index (κ1) is 16.3. The number of thiophene rings is 1. The molecule has 3 aromatic rings. The van der Waals surface area contributed by atoms with Crippen molar-refractivity contribution >= 4 is 34.4 Å². The predicted molar refractivity (Wildman–Crippen MR) is 98.7 cm³/mol. The average molecular weight is 379 g/mol. The lowest BCUT2D eigenvalue weighted by atomic mass is 10.2. The van der Waals surface area contributed by atoms with Gasteiger partial charge < -0.3 is 4.74 Å². The number of rotatable bonds is 6. The van der Waals surface area contributed by atoms with Gasteiger partial charge in [0.2, 0.25) is 0 Å². The molecule has 0 aromatic carbocycles. The van der Waals surface area contributed by atoms with Crippen molar-refractivity contribution in [1.29, 1.82) is 0 Å². The molecule has 8 heteroatoms. The van der Waals surface area contributed by atoms with Crippen molar-refractivity contribution in [3.8, 4) is 10.7 Å². The summed E-state index contributed by atoms with van der Waals surface area (Å²) in [6.45, 7) is 3.72. The van der Waals surface area contributed by atoms with Gasteiger partial charge in [-0.3, -0.25) is 4.57 Å². The molecule has 0 amide bonds. The van der Waals surface area contributed by atoms with Crippen LogP contribution in [0, 0.1) is 6.92 Å². The van der Waals surface area contributed by atoms with Crippen LogP contribution in [0.25, 0.3) is 10.7 Å². The third-order valence-electron chi connectivity index (χ3n) is 3.88. The van der Waals surface area contributed by atoms with Gasteiger partial charge in [-0.15, -0.1) is 32.9 Å². The highest BCUT2D eigenvalue weighted by molar-refractivity contribution is 7.98. The van der Waals surface area contributed by atoms with E-state index in [1.165, 1.54) is 0 Å². The first-order chi connectivity index (χ1) is 11.8. The third-order valence-corrected chi connectivity index (χ3v) is 6.57. The van der Waals surface area contributed by atoms with Crippen molar-refractivity contribution < 1.29 is 4.74 Å². The largest absolute Gasteiger partial charge is 0.376 e. The Morgan fingerprint density at radius 1 is 1.38 bits per heavy atom. The van der Waals surface area contributed by atoms with Crippen LogP contribution in [0.1, 0.15) is 23.5 Å². The summed E-state index contributed by atoms with van der Waals surface area (Å²) in [5.74, 6) is 1.76. The maximum absolute atomic E-state index is 5.83. The quantitative estimate of drug-likeness (QED) is 0.601. The van der Waals surface area contributed by atoms with Gasteiger partial charge in [0.05, 0.1) is 28.2 Å². The second-order valence-electron chi connectivity index (χ2n) is 5.68. The zero-order chi connectivity index (χ0) is 16.4. The molecule has 3 aromatic heterocycles. The van der Waals surface area contributed by atoms with Gasteiger partial charge in [0.25, 0.3) is 0 Å². The number of thiazole rings is 1. The highest BCUT2D eigenvalue weighted by Crippen LogP contribution is 2.30. The van der Waals surface area contributed by atoms with Gasteiger partial charge in [-0.2, -0.15) is 0 Å². The molecule has 0 saturated carbocycles. The lowest BCUT2D eigenvalue weighted by Gasteiger charge is -2.14. The number of hydrogen-bond donors (Lipinski definition) is 0. The topological polar surface area (TPSA) is 52.8 Å². The van der Waals surface area contributed by atoms with E-state index in [-0.39, 0.29) is 6.10 Å². The van der Waals surface area contributed by atoms with E-state index in [9.17, 15) is 0 Å². The van der Waals surface area contributed by atoms with E-state index >= 15 is 0 Å².